The second-order valence-corrected chi connectivity index (χ2v) is 2.64. The van der Waals surface area contributed by atoms with E-state index in [0.29, 0.717) is 12.4 Å². The van der Waals surface area contributed by atoms with Crippen molar-refractivity contribution in [1.29, 1.82) is 0 Å². The van der Waals surface area contributed by atoms with Crippen molar-refractivity contribution in [3.05, 3.63) is 24.1 Å². The summed E-state index contributed by atoms with van der Waals surface area (Å²) in [5.41, 5.74) is 5.39. The fourth-order valence-corrected chi connectivity index (χ4v) is 0.773. The Bertz CT molecular complexity index is 235. The van der Waals surface area contributed by atoms with Gasteiger partial charge in [0, 0.05) is 12.6 Å². The Kier molecular flexibility index (Phi) is 2.99. The molecule has 1 aromatic rings. The minimum Gasteiger partial charge on any atom is -0.366 e. The third kappa shape index (κ3) is 2.47. The molecular weight excluding hydrogens is 157 g/mol. The number of hydrogen-bond donors (Lipinski definition) is 2. The van der Waals surface area contributed by atoms with Gasteiger partial charge in [-0.1, -0.05) is 0 Å². The average molecular weight is 169 g/mol. The zero-order chi connectivity index (χ0) is 8.97. The number of rotatable bonds is 3. The summed E-state index contributed by atoms with van der Waals surface area (Å²) < 4.78 is 12.4. The molecule has 0 aliphatic heterocycles. The Morgan fingerprint density at radius 2 is 2.42 bits per heavy atom. The highest BCUT2D eigenvalue weighted by atomic mass is 19.1. The second kappa shape index (κ2) is 4.01. The van der Waals surface area contributed by atoms with E-state index >= 15 is 0 Å². The van der Waals surface area contributed by atoms with Gasteiger partial charge in [-0.05, 0) is 19.1 Å². The molecule has 0 saturated heterocycles. The van der Waals surface area contributed by atoms with E-state index in [1.54, 1.807) is 6.07 Å². The van der Waals surface area contributed by atoms with Gasteiger partial charge in [0.1, 0.15) is 11.6 Å². The van der Waals surface area contributed by atoms with Crippen molar-refractivity contribution in [2.24, 2.45) is 5.73 Å². The molecule has 0 fully saturated rings. The Labute approximate surface area is 70.8 Å². The van der Waals surface area contributed by atoms with Gasteiger partial charge in [-0.25, -0.2) is 9.37 Å². The van der Waals surface area contributed by atoms with E-state index in [1.807, 2.05) is 6.92 Å². The molecular formula is C8H12FN3. The Morgan fingerprint density at radius 3 is 2.92 bits per heavy atom. The lowest BCUT2D eigenvalue weighted by Crippen LogP contribution is -2.25. The lowest BCUT2D eigenvalue weighted by atomic mass is 10.3. The average Bonchev–Trinajstić information content (AvgIpc) is 2.09. The summed E-state index contributed by atoms with van der Waals surface area (Å²) >= 11 is 0. The number of anilines is 1. The Hall–Kier alpha value is -1.16. The molecule has 0 aromatic carbocycles. The molecule has 1 rings (SSSR count). The topological polar surface area (TPSA) is 50.9 Å². The first-order valence-corrected chi connectivity index (χ1v) is 3.80. The maximum atomic E-state index is 12.4. The van der Waals surface area contributed by atoms with Crippen LogP contribution < -0.4 is 11.1 Å². The molecule has 0 aliphatic rings. The van der Waals surface area contributed by atoms with Crippen LogP contribution in [0.1, 0.15) is 6.92 Å². The van der Waals surface area contributed by atoms with Crippen LogP contribution in [0, 0.1) is 5.82 Å². The van der Waals surface area contributed by atoms with E-state index in [-0.39, 0.29) is 11.9 Å². The van der Waals surface area contributed by atoms with Gasteiger partial charge in [-0.3, -0.25) is 0 Å². The summed E-state index contributed by atoms with van der Waals surface area (Å²) in [5.74, 6) is 0.315. The number of halogens is 1. The summed E-state index contributed by atoms with van der Waals surface area (Å²) in [4.78, 5) is 3.82. The summed E-state index contributed by atoms with van der Waals surface area (Å²) in [5, 5.41) is 3.02. The van der Waals surface area contributed by atoms with Crippen LogP contribution in [0.4, 0.5) is 10.2 Å². The second-order valence-electron chi connectivity index (χ2n) is 2.64. The lowest BCUT2D eigenvalue weighted by Gasteiger charge is -2.10. The number of hydrogen-bond acceptors (Lipinski definition) is 3. The molecule has 3 nitrogen and oxygen atoms in total. The van der Waals surface area contributed by atoms with E-state index in [2.05, 4.69) is 10.3 Å². The highest BCUT2D eigenvalue weighted by Gasteiger charge is 1.99. The molecule has 0 spiro atoms. The van der Waals surface area contributed by atoms with Crippen molar-refractivity contribution in [2.45, 2.75) is 13.0 Å². The van der Waals surface area contributed by atoms with Gasteiger partial charge in [0.25, 0.3) is 0 Å². The largest absolute Gasteiger partial charge is 0.366 e. The van der Waals surface area contributed by atoms with Crippen LogP contribution in [0.25, 0.3) is 0 Å². The maximum absolute atomic E-state index is 12.4. The molecule has 1 aromatic heterocycles. The van der Waals surface area contributed by atoms with E-state index in [4.69, 9.17) is 5.73 Å². The van der Waals surface area contributed by atoms with Gasteiger partial charge in [0.05, 0.1) is 6.20 Å². The first kappa shape index (κ1) is 8.93. The van der Waals surface area contributed by atoms with Crippen LogP contribution in [0.5, 0.6) is 0 Å². The molecule has 0 aliphatic carbocycles. The molecule has 66 valence electrons. The fraction of sp³-hybridized carbons (Fsp3) is 0.375. The highest BCUT2D eigenvalue weighted by Crippen LogP contribution is 2.04. The predicted molar refractivity (Wildman–Crippen MR) is 46.3 cm³/mol. The standard InChI is InChI=1S/C8H12FN3/c1-6(4-10)12-8-3-2-7(9)5-11-8/h2-3,5-6H,4,10H2,1H3,(H,11,12). The zero-order valence-corrected chi connectivity index (χ0v) is 6.92. The van der Waals surface area contributed by atoms with Crippen molar-refractivity contribution in [3.8, 4) is 0 Å². The Balaban J connectivity index is 2.58. The van der Waals surface area contributed by atoms with E-state index in [9.17, 15) is 4.39 Å². The molecule has 3 N–H and O–H groups in total. The number of nitrogens with zero attached hydrogens (tertiary/aromatic N) is 1. The number of nitrogens with one attached hydrogen (secondary N) is 1. The first-order valence-electron chi connectivity index (χ1n) is 3.80. The SMILES string of the molecule is CC(CN)Nc1ccc(F)cn1. The van der Waals surface area contributed by atoms with Crippen LogP contribution in [0.15, 0.2) is 18.3 Å². The summed E-state index contributed by atoms with van der Waals surface area (Å²) in [6.45, 7) is 2.46. The van der Waals surface area contributed by atoms with Crippen molar-refractivity contribution in [3.63, 3.8) is 0 Å². The maximum Gasteiger partial charge on any atom is 0.141 e. The fourth-order valence-electron chi connectivity index (χ4n) is 0.773. The van der Waals surface area contributed by atoms with Crippen molar-refractivity contribution in [2.75, 3.05) is 11.9 Å². The molecule has 1 heterocycles. The number of pyridine rings is 1. The molecule has 0 amide bonds. The predicted octanol–water partition coefficient (Wildman–Crippen LogP) is 0.980. The summed E-state index contributed by atoms with van der Waals surface area (Å²) in [6, 6.07) is 3.10. The van der Waals surface area contributed by atoms with E-state index in [1.165, 1.54) is 12.3 Å². The third-order valence-corrected chi connectivity index (χ3v) is 1.48. The third-order valence-electron chi connectivity index (χ3n) is 1.48. The minimum absolute atomic E-state index is 0.156. The van der Waals surface area contributed by atoms with Crippen LogP contribution in [-0.2, 0) is 0 Å². The Morgan fingerprint density at radius 1 is 1.67 bits per heavy atom. The van der Waals surface area contributed by atoms with Crippen LogP contribution in [-0.4, -0.2) is 17.6 Å². The quantitative estimate of drug-likeness (QED) is 0.709. The molecule has 1 atom stereocenters. The van der Waals surface area contributed by atoms with Crippen LogP contribution >= 0.6 is 0 Å². The minimum atomic E-state index is -0.332. The molecule has 0 radical (unpaired) electrons. The van der Waals surface area contributed by atoms with Crippen molar-refractivity contribution in [1.82, 2.24) is 4.98 Å². The molecule has 1 unspecified atom stereocenters. The van der Waals surface area contributed by atoms with Gasteiger partial charge >= 0.3 is 0 Å². The number of nitrogens with two attached hydrogens (primary N) is 1. The molecule has 0 bridgehead atoms. The number of aromatic nitrogens is 1. The molecule has 12 heavy (non-hydrogen) atoms. The van der Waals surface area contributed by atoms with E-state index < -0.39 is 0 Å². The van der Waals surface area contributed by atoms with Gasteiger partial charge in [0.2, 0.25) is 0 Å². The zero-order valence-electron chi connectivity index (χ0n) is 6.92. The van der Waals surface area contributed by atoms with Gasteiger partial charge in [-0.15, -0.1) is 0 Å². The van der Waals surface area contributed by atoms with Gasteiger partial charge in [-0.2, -0.15) is 0 Å². The normalized spacial score (nSPS) is 12.6. The van der Waals surface area contributed by atoms with Crippen molar-refractivity contribution >= 4 is 5.82 Å². The highest BCUT2D eigenvalue weighted by molar-refractivity contribution is 5.34. The van der Waals surface area contributed by atoms with Crippen molar-refractivity contribution < 1.29 is 4.39 Å². The van der Waals surface area contributed by atoms with E-state index in [0.717, 1.165) is 0 Å². The summed E-state index contributed by atoms with van der Waals surface area (Å²) in [6.07, 6.45) is 1.17. The lowest BCUT2D eigenvalue weighted by molar-refractivity contribution is 0.621. The van der Waals surface area contributed by atoms with Crippen LogP contribution in [0.2, 0.25) is 0 Å². The van der Waals surface area contributed by atoms with Gasteiger partial charge < -0.3 is 11.1 Å². The van der Waals surface area contributed by atoms with Gasteiger partial charge in [0.15, 0.2) is 0 Å². The smallest absolute Gasteiger partial charge is 0.141 e. The van der Waals surface area contributed by atoms with Crippen LogP contribution in [0.3, 0.4) is 0 Å². The first-order chi connectivity index (χ1) is 5.72. The molecule has 4 heteroatoms. The summed E-state index contributed by atoms with van der Waals surface area (Å²) in [7, 11) is 0. The monoisotopic (exact) mass is 169 g/mol. The molecule has 0 saturated carbocycles.